The number of methoxy groups -OCH3 is 1. The van der Waals surface area contributed by atoms with Crippen LogP contribution in [0.25, 0.3) is 10.4 Å². The highest BCUT2D eigenvalue weighted by Crippen LogP contribution is 2.30. The van der Waals surface area contributed by atoms with Gasteiger partial charge in [-0.2, -0.15) is 0 Å². The number of halogens is 2. The van der Waals surface area contributed by atoms with Crippen LogP contribution in [0.15, 0.2) is 22.1 Å². The number of esters is 1. The number of hydrogen-bond donors (Lipinski definition) is 0. The normalized spacial score (nSPS) is 9.63. The molecular weight excluding hydrogens is 297 g/mol. The van der Waals surface area contributed by atoms with E-state index in [1.165, 1.54) is 7.11 Å². The molecule has 0 aliphatic rings. The number of hydrogen-bond acceptors (Lipinski definition) is 4. The van der Waals surface area contributed by atoms with Crippen molar-refractivity contribution >= 4 is 35.2 Å². The van der Waals surface area contributed by atoms with Gasteiger partial charge in [-0.25, -0.2) is 4.39 Å². The quantitative estimate of drug-likeness (QED) is 0.281. The first-order valence-electron chi connectivity index (χ1n) is 4.77. The summed E-state index contributed by atoms with van der Waals surface area (Å²) < 4.78 is 17.9. The van der Waals surface area contributed by atoms with Crippen LogP contribution in [0, 0.1) is 5.82 Å². The predicted octanol–water partition coefficient (Wildman–Crippen LogP) is 3.19. The molecule has 19 heavy (non-hydrogen) atoms. The zero-order valence-corrected chi connectivity index (χ0v) is 11.2. The third-order valence-corrected chi connectivity index (χ3v) is 3.41. The van der Waals surface area contributed by atoms with E-state index in [0.717, 1.165) is 23.9 Å². The lowest BCUT2D eigenvalue weighted by Crippen LogP contribution is -2.04. The van der Waals surface area contributed by atoms with E-state index < -0.39 is 23.3 Å². The Morgan fingerprint density at radius 2 is 2.26 bits per heavy atom. The van der Waals surface area contributed by atoms with Gasteiger partial charge in [0.1, 0.15) is 5.82 Å². The first-order valence-corrected chi connectivity index (χ1v) is 6.14. The van der Waals surface area contributed by atoms with Crippen LogP contribution < -0.4 is 0 Å². The average molecular weight is 304 g/mol. The average Bonchev–Trinajstić information content (AvgIpc) is 2.37. The van der Waals surface area contributed by atoms with Gasteiger partial charge in [0.05, 0.1) is 23.4 Å². The molecule has 1 rings (SSSR count). The lowest BCUT2D eigenvalue weighted by atomic mass is 10.2. The number of benzene rings is 1. The van der Waals surface area contributed by atoms with Gasteiger partial charge in [0.25, 0.3) is 5.91 Å². The molecule has 0 aliphatic heterocycles. The van der Waals surface area contributed by atoms with Crippen molar-refractivity contribution in [3.63, 3.8) is 0 Å². The van der Waals surface area contributed by atoms with Crippen molar-refractivity contribution in [1.29, 1.82) is 0 Å². The Hall–Kier alpha value is -1.76. The van der Waals surface area contributed by atoms with E-state index >= 15 is 0 Å². The minimum Gasteiger partial charge on any atom is -0.468 e. The van der Waals surface area contributed by atoms with Crippen LogP contribution in [0.1, 0.15) is 10.4 Å². The molecule has 1 aromatic carbocycles. The van der Waals surface area contributed by atoms with Crippen LogP contribution in [0.4, 0.5) is 4.39 Å². The highest BCUT2D eigenvalue weighted by molar-refractivity contribution is 8.00. The molecule has 0 heterocycles. The van der Waals surface area contributed by atoms with Gasteiger partial charge in [-0.1, -0.05) is 11.6 Å². The van der Waals surface area contributed by atoms with Crippen LogP contribution in [0.2, 0.25) is 5.02 Å². The number of thioether (sulfide) groups is 1. The highest BCUT2D eigenvalue weighted by atomic mass is 35.5. The summed E-state index contributed by atoms with van der Waals surface area (Å²) in [6, 6.07) is 2.05. The van der Waals surface area contributed by atoms with E-state index in [0.29, 0.717) is 4.90 Å². The molecular formula is C10H7ClFN3O3S. The van der Waals surface area contributed by atoms with Crippen LogP contribution in [-0.2, 0) is 9.53 Å². The summed E-state index contributed by atoms with van der Waals surface area (Å²) in [5, 5.41) is 2.84. The predicted molar refractivity (Wildman–Crippen MR) is 67.6 cm³/mol. The maximum atomic E-state index is 13.5. The molecule has 0 N–H and O–H groups in total. The lowest BCUT2D eigenvalue weighted by molar-refractivity contribution is -0.137. The molecule has 0 saturated heterocycles. The number of amides is 1. The van der Waals surface area contributed by atoms with Gasteiger partial charge < -0.3 is 4.74 Å². The number of azide groups is 1. The molecule has 0 atom stereocenters. The molecule has 0 bridgehead atoms. The zero-order chi connectivity index (χ0) is 14.4. The molecule has 6 nitrogen and oxygen atoms in total. The monoisotopic (exact) mass is 303 g/mol. The molecule has 0 radical (unpaired) electrons. The minimum absolute atomic E-state index is 0.0446. The van der Waals surface area contributed by atoms with Gasteiger partial charge in [0.15, 0.2) is 0 Å². The van der Waals surface area contributed by atoms with Gasteiger partial charge in [-0.3, -0.25) is 9.59 Å². The standard InChI is InChI=1S/C10H7ClFN3O3S/c1-18-9(16)4-19-8-2-5(10(17)14-15-13)7(12)3-6(8)11/h2-3H,4H2,1H3. The van der Waals surface area contributed by atoms with Gasteiger partial charge in [0, 0.05) is 9.81 Å². The van der Waals surface area contributed by atoms with E-state index in [-0.39, 0.29) is 10.8 Å². The van der Waals surface area contributed by atoms with Crippen molar-refractivity contribution < 1.29 is 18.7 Å². The molecule has 1 aromatic rings. The second kappa shape index (κ2) is 6.98. The first kappa shape index (κ1) is 15.3. The third-order valence-electron chi connectivity index (χ3n) is 1.96. The Morgan fingerprint density at radius 1 is 1.58 bits per heavy atom. The highest BCUT2D eigenvalue weighted by Gasteiger charge is 2.15. The van der Waals surface area contributed by atoms with E-state index in [4.69, 9.17) is 17.1 Å². The number of carbonyl (C=O) groups excluding carboxylic acids is 2. The fourth-order valence-corrected chi connectivity index (χ4v) is 2.20. The van der Waals surface area contributed by atoms with Crippen LogP contribution in [-0.4, -0.2) is 24.7 Å². The number of rotatable bonds is 4. The number of ether oxygens (including phenoxy) is 1. The fraction of sp³-hybridized carbons (Fsp3) is 0.200. The summed E-state index contributed by atoms with van der Waals surface area (Å²) >= 11 is 6.76. The largest absolute Gasteiger partial charge is 0.468 e. The Labute approximate surface area is 116 Å². The van der Waals surface area contributed by atoms with Crippen molar-refractivity contribution in [2.75, 3.05) is 12.9 Å². The third kappa shape index (κ3) is 4.13. The van der Waals surface area contributed by atoms with E-state index in [2.05, 4.69) is 14.8 Å². The molecule has 0 spiro atoms. The molecule has 0 aliphatic carbocycles. The summed E-state index contributed by atoms with van der Waals surface area (Å²) in [4.78, 5) is 24.9. The van der Waals surface area contributed by atoms with Crippen molar-refractivity contribution in [3.05, 3.63) is 39.0 Å². The van der Waals surface area contributed by atoms with Gasteiger partial charge in [-0.05, 0) is 22.8 Å². The molecule has 9 heteroatoms. The lowest BCUT2D eigenvalue weighted by Gasteiger charge is -2.06. The van der Waals surface area contributed by atoms with E-state index in [9.17, 15) is 14.0 Å². The summed E-state index contributed by atoms with van der Waals surface area (Å²) in [6.07, 6.45) is 0. The van der Waals surface area contributed by atoms with Crippen LogP contribution in [0.3, 0.4) is 0 Å². The number of carbonyl (C=O) groups is 2. The van der Waals surface area contributed by atoms with Crippen molar-refractivity contribution in [2.45, 2.75) is 4.90 Å². The summed E-state index contributed by atoms with van der Waals surface area (Å²) in [6.45, 7) is 0. The molecule has 0 aromatic heterocycles. The Morgan fingerprint density at radius 3 is 2.84 bits per heavy atom. The van der Waals surface area contributed by atoms with Gasteiger partial charge >= 0.3 is 5.97 Å². The summed E-state index contributed by atoms with van der Waals surface area (Å²) in [7, 11) is 1.23. The fourth-order valence-electron chi connectivity index (χ4n) is 1.09. The molecule has 100 valence electrons. The molecule has 1 amide bonds. The molecule has 0 unspecified atom stereocenters. The molecule has 0 saturated carbocycles. The smallest absolute Gasteiger partial charge is 0.315 e. The summed E-state index contributed by atoms with van der Waals surface area (Å²) in [5.41, 5.74) is 7.74. The van der Waals surface area contributed by atoms with Gasteiger partial charge in [-0.15, -0.1) is 11.8 Å². The number of nitrogens with zero attached hydrogens (tertiary/aromatic N) is 3. The molecule has 0 fully saturated rings. The van der Waals surface area contributed by atoms with Crippen LogP contribution >= 0.6 is 23.4 Å². The minimum atomic E-state index is -1.06. The van der Waals surface area contributed by atoms with Crippen molar-refractivity contribution in [3.8, 4) is 0 Å². The van der Waals surface area contributed by atoms with E-state index in [1.807, 2.05) is 0 Å². The first-order chi connectivity index (χ1) is 8.99. The Balaban J connectivity index is 3.05. The maximum absolute atomic E-state index is 13.5. The Kier molecular flexibility index (Phi) is 5.62. The second-order valence-corrected chi connectivity index (χ2v) is 4.55. The van der Waals surface area contributed by atoms with Gasteiger partial charge in [0.2, 0.25) is 0 Å². The van der Waals surface area contributed by atoms with E-state index in [1.54, 1.807) is 0 Å². The second-order valence-electron chi connectivity index (χ2n) is 3.12. The zero-order valence-electron chi connectivity index (χ0n) is 9.59. The Bertz CT molecular complexity index is 575. The van der Waals surface area contributed by atoms with Crippen molar-refractivity contribution in [2.24, 2.45) is 5.11 Å². The topological polar surface area (TPSA) is 92.1 Å². The van der Waals surface area contributed by atoms with Crippen LogP contribution in [0.5, 0.6) is 0 Å². The SMILES string of the molecule is COC(=O)CSc1cc(C(=O)N=[N+]=[N-])c(F)cc1Cl. The maximum Gasteiger partial charge on any atom is 0.315 e. The summed E-state index contributed by atoms with van der Waals surface area (Å²) in [5.74, 6) is -2.49. The van der Waals surface area contributed by atoms with Crippen molar-refractivity contribution in [1.82, 2.24) is 0 Å².